The fourth-order valence-corrected chi connectivity index (χ4v) is 4.42. The summed E-state index contributed by atoms with van der Waals surface area (Å²) >= 11 is 3.49. The van der Waals surface area contributed by atoms with Crippen molar-refractivity contribution in [3.8, 4) is 17.6 Å². The molecule has 1 saturated heterocycles. The van der Waals surface area contributed by atoms with Crippen LogP contribution >= 0.6 is 15.9 Å². The molecule has 0 aliphatic carbocycles. The van der Waals surface area contributed by atoms with E-state index < -0.39 is 0 Å². The highest BCUT2D eigenvalue weighted by molar-refractivity contribution is 9.10. The van der Waals surface area contributed by atoms with Gasteiger partial charge in [0.1, 0.15) is 24.1 Å². The topological polar surface area (TPSA) is 65.8 Å². The van der Waals surface area contributed by atoms with Gasteiger partial charge in [0.25, 0.3) is 5.91 Å². The molecule has 0 N–H and O–H groups in total. The number of benzene rings is 3. The van der Waals surface area contributed by atoms with Crippen LogP contribution in [0.4, 0.5) is 10.1 Å². The van der Waals surface area contributed by atoms with Gasteiger partial charge in [0.05, 0.1) is 7.11 Å². The number of para-hydroxylation sites is 1. The third-order valence-corrected chi connectivity index (χ3v) is 6.65. The van der Waals surface area contributed by atoms with Gasteiger partial charge in [0.15, 0.2) is 11.5 Å². The normalized spacial score (nSPS) is 13.8. The van der Waals surface area contributed by atoms with Crippen LogP contribution in [-0.4, -0.2) is 44.1 Å². The number of carbonyl (C=O) groups excluding carboxylic acids is 1. The fraction of sp³-hybridized carbons (Fsp3) is 0.214. The van der Waals surface area contributed by atoms with Gasteiger partial charge in [-0.3, -0.25) is 4.79 Å². The largest absolute Gasteiger partial charge is 0.493 e. The number of nitrogens with zero attached hydrogens (tertiary/aromatic N) is 3. The smallest absolute Gasteiger partial charge is 0.264 e. The van der Waals surface area contributed by atoms with Crippen molar-refractivity contribution < 1.29 is 18.7 Å². The van der Waals surface area contributed by atoms with Crippen molar-refractivity contribution in [2.24, 2.45) is 0 Å². The first-order chi connectivity index (χ1) is 17.5. The molecule has 1 aliphatic heterocycles. The van der Waals surface area contributed by atoms with Gasteiger partial charge in [0, 0.05) is 41.9 Å². The van der Waals surface area contributed by atoms with Gasteiger partial charge in [-0.25, -0.2) is 4.39 Å². The van der Waals surface area contributed by atoms with Crippen molar-refractivity contribution in [2.75, 3.05) is 38.2 Å². The second kappa shape index (κ2) is 11.7. The van der Waals surface area contributed by atoms with E-state index in [0.717, 1.165) is 5.69 Å². The number of hydrogen-bond acceptors (Lipinski definition) is 5. The lowest BCUT2D eigenvalue weighted by atomic mass is 10.1. The number of rotatable bonds is 7. The van der Waals surface area contributed by atoms with Crippen LogP contribution in [0.2, 0.25) is 0 Å². The van der Waals surface area contributed by atoms with Gasteiger partial charge in [-0.15, -0.1) is 0 Å². The molecule has 0 unspecified atom stereocenters. The van der Waals surface area contributed by atoms with Crippen molar-refractivity contribution in [1.82, 2.24) is 4.90 Å². The summed E-state index contributed by atoms with van der Waals surface area (Å²) < 4.78 is 25.8. The van der Waals surface area contributed by atoms with E-state index in [1.807, 2.05) is 36.4 Å². The van der Waals surface area contributed by atoms with Crippen molar-refractivity contribution >= 4 is 33.6 Å². The summed E-state index contributed by atoms with van der Waals surface area (Å²) in [6.45, 7) is 2.47. The van der Waals surface area contributed by atoms with E-state index in [0.29, 0.717) is 53.3 Å². The molecule has 0 atom stereocenters. The minimum Gasteiger partial charge on any atom is -0.493 e. The number of nitriles is 1. The Kier molecular flexibility index (Phi) is 8.24. The second-order valence-electron chi connectivity index (χ2n) is 8.19. The molecule has 0 saturated carbocycles. The van der Waals surface area contributed by atoms with Gasteiger partial charge in [0.2, 0.25) is 0 Å². The molecule has 3 aromatic carbocycles. The monoisotopic (exact) mass is 549 g/mol. The van der Waals surface area contributed by atoms with Crippen molar-refractivity contribution in [2.45, 2.75) is 6.61 Å². The molecule has 0 spiro atoms. The molecule has 1 heterocycles. The molecule has 36 heavy (non-hydrogen) atoms. The molecule has 3 aromatic rings. The van der Waals surface area contributed by atoms with Crippen LogP contribution < -0.4 is 14.4 Å². The zero-order chi connectivity index (χ0) is 25.5. The lowest BCUT2D eigenvalue weighted by Crippen LogP contribution is -2.49. The number of ether oxygens (including phenoxy) is 2. The van der Waals surface area contributed by atoms with Gasteiger partial charge in [-0.1, -0.05) is 52.3 Å². The number of anilines is 1. The summed E-state index contributed by atoms with van der Waals surface area (Å²) in [4.78, 5) is 17.0. The van der Waals surface area contributed by atoms with Crippen LogP contribution in [-0.2, 0) is 11.4 Å². The van der Waals surface area contributed by atoms with Crippen LogP contribution in [0.5, 0.6) is 11.5 Å². The summed E-state index contributed by atoms with van der Waals surface area (Å²) in [5.41, 5.74) is 2.17. The molecule has 1 fully saturated rings. The highest BCUT2D eigenvalue weighted by Gasteiger charge is 2.24. The molecule has 1 amide bonds. The van der Waals surface area contributed by atoms with Gasteiger partial charge < -0.3 is 19.3 Å². The van der Waals surface area contributed by atoms with E-state index >= 15 is 0 Å². The predicted octanol–water partition coefficient (Wildman–Crippen LogP) is 5.43. The van der Waals surface area contributed by atoms with Crippen LogP contribution in [0.1, 0.15) is 11.1 Å². The fourth-order valence-electron chi connectivity index (χ4n) is 3.98. The summed E-state index contributed by atoms with van der Waals surface area (Å²) in [5.74, 6) is 0.154. The van der Waals surface area contributed by atoms with E-state index in [1.54, 1.807) is 41.3 Å². The van der Waals surface area contributed by atoms with Crippen LogP contribution in [0.3, 0.4) is 0 Å². The van der Waals surface area contributed by atoms with E-state index in [-0.39, 0.29) is 23.9 Å². The third-order valence-electron chi connectivity index (χ3n) is 5.96. The molecule has 0 radical (unpaired) electrons. The number of methoxy groups -OCH3 is 1. The second-order valence-corrected chi connectivity index (χ2v) is 9.04. The molecule has 0 aromatic heterocycles. The Labute approximate surface area is 218 Å². The molecule has 4 rings (SSSR count). The van der Waals surface area contributed by atoms with Crippen molar-refractivity contribution in [3.05, 3.63) is 93.7 Å². The molecule has 8 heteroatoms. The van der Waals surface area contributed by atoms with Gasteiger partial charge >= 0.3 is 0 Å². The Morgan fingerprint density at radius 3 is 2.42 bits per heavy atom. The lowest BCUT2D eigenvalue weighted by molar-refractivity contribution is -0.126. The molecular formula is C28H25BrFN3O3. The van der Waals surface area contributed by atoms with E-state index in [2.05, 4.69) is 20.8 Å². The Hall–Kier alpha value is -3.83. The lowest BCUT2D eigenvalue weighted by Gasteiger charge is -2.36. The minimum absolute atomic E-state index is 0.0293. The molecule has 184 valence electrons. The Bertz CT molecular complexity index is 1300. The summed E-state index contributed by atoms with van der Waals surface area (Å²) in [5, 5.41) is 9.74. The van der Waals surface area contributed by atoms with E-state index in [4.69, 9.17) is 9.47 Å². The highest BCUT2D eigenvalue weighted by atomic mass is 79.9. The van der Waals surface area contributed by atoms with Gasteiger partial charge in [-0.05, 0) is 42.0 Å². The van der Waals surface area contributed by atoms with Gasteiger partial charge in [-0.2, -0.15) is 5.26 Å². The first-order valence-corrected chi connectivity index (χ1v) is 12.2. The summed E-state index contributed by atoms with van der Waals surface area (Å²) in [6.07, 6.45) is 1.54. The molecule has 6 nitrogen and oxygen atoms in total. The molecule has 1 aliphatic rings. The number of piperazine rings is 1. The summed E-state index contributed by atoms with van der Waals surface area (Å²) in [7, 11) is 1.50. The number of amides is 1. The van der Waals surface area contributed by atoms with Crippen LogP contribution in [0.15, 0.2) is 76.8 Å². The summed E-state index contributed by atoms with van der Waals surface area (Å²) in [6, 6.07) is 21.9. The van der Waals surface area contributed by atoms with Crippen LogP contribution in [0.25, 0.3) is 6.08 Å². The Morgan fingerprint density at radius 2 is 1.75 bits per heavy atom. The van der Waals surface area contributed by atoms with Crippen molar-refractivity contribution in [1.29, 1.82) is 5.26 Å². The van der Waals surface area contributed by atoms with Crippen molar-refractivity contribution in [3.63, 3.8) is 0 Å². The predicted molar refractivity (Wildman–Crippen MR) is 140 cm³/mol. The number of hydrogen-bond donors (Lipinski definition) is 0. The molecular weight excluding hydrogens is 525 g/mol. The standard InChI is InChI=1S/C28H25BrFN3O3/c1-35-26-16-21(24(29)17-27(26)36-19-20-7-5-6-10-25(20)30)15-22(18-31)28(34)33-13-11-32(12-14-33)23-8-3-2-4-9-23/h2-10,15-17H,11-14,19H2,1H3/b22-15-. The average molecular weight is 550 g/mol. The quantitative estimate of drug-likeness (QED) is 0.290. The van der Waals surface area contributed by atoms with E-state index in [1.165, 1.54) is 13.2 Å². The maximum absolute atomic E-state index is 13.9. The van der Waals surface area contributed by atoms with Crippen LogP contribution in [0, 0.1) is 17.1 Å². The highest BCUT2D eigenvalue weighted by Crippen LogP contribution is 2.35. The first kappa shape index (κ1) is 25.3. The minimum atomic E-state index is -0.350. The average Bonchev–Trinajstić information content (AvgIpc) is 2.92. The third kappa shape index (κ3) is 5.86. The molecule has 0 bridgehead atoms. The number of halogens is 2. The zero-order valence-electron chi connectivity index (χ0n) is 19.8. The SMILES string of the molecule is COc1cc(/C=C(/C#N)C(=O)N2CCN(c3ccccc3)CC2)c(Br)cc1OCc1ccccc1F. The maximum Gasteiger partial charge on any atom is 0.264 e. The zero-order valence-corrected chi connectivity index (χ0v) is 21.4. The van der Waals surface area contributed by atoms with E-state index in [9.17, 15) is 14.4 Å². The Morgan fingerprint density at radius 1 is 1.06 bits per heavy atom. The number of carbonyl (C=O) groups is 1. The Balaban J connectivity index is 1.47. The maximum atomic E-state index is 13.9. The first-order valence-electron chi connectivity index (χ1n) is 11.4.